The van der Waals surface area contributed by atoms with Gasteiger partial charge in [0, 0.05) is 18.3 Å². The first-order valence-corrected chi connectivity index (χ1v) is 4.33. The molecular weight excluding hydrogens is 166 g/mol. The smallest absolute Gasteiger partial charge is 0.148 e. The number of hydrogen-bond donors (Lipinski definition) is 1. The highest BCUT2D eigenvalue weighted by atomic mass is 16.3. The fourth-order valence-corrected chi connectivity index (χ4v) is 1.05. The summed E-state index contributed by atoms with van der Waals surface area (Å²) in [7, 11) is 0. The van der Waals surface area contributed by atoms with Gasteiger partial charge in [0.05, 0.1) is 0 Å². The maximum Gasteiger partial charge on any atom is 0.148 e. The second-order valence-electron chi connectivity index (χ2n) is 2.92. The van der Waals surface area contributed by atoms with Crippen molar-refractivity contribution in [1.82, 2.24) is 4.98 Å². The Morgan fingerprint density at radius 3 is 2.85 bits per heavy atom. The van der Waals surface area contributed by atoms with Crippen LogP contribution < -0.4 is 0 Å². The molecule has 13 heavy (non-hydrogen) atoms. The van der Waals surface area contributed by atoms with Crippen molar-refractivity contribution < 1.29 is 9.90 Å². The Labute approximate surface area is 77.4 Å². The average molecular weight is 179 g/mol. The topological polar surface area (TPSA) is 50.2 Å². The van der Waals surface area contributed by atoms with E-state index in [1.807, 2.05) is 12.1 Å². The zero-order chi connectivity index (χ0) is 9.68. The summed E-state index contributed by atoms with van der Waals surface area (Å²) in [6, 6.07) is 3.80. The van der Waals surface area contributed by atoms with E-state index >= 15 is 0 Å². The van der Waals surface area contributed by atoms with Crippen molar-refractivity contribution in [2.45, 2.75) is 25.9 Å². The number of aromatic nitrogens is 1. The van der Waals surface area contributed by atoms with E-state index in [-0.39, 0.29) is 0 Å². The van der Waals surface area contributed by atoms with Gasteiger partial charge in [-0.1, -0.05) is 13.0 Å². The predicted molar refractivity (Wildman–Crippen MR) is 49.4 cm³/mol. The highest BCUT2D eigenvalue weighted by Gasteiger charge is 2.03. The Balaban J connectivity index is 2.63. The molecule has 0 aliphatic rings. The summed E-state index contributed by atoms with van der Waals surface area (Å²) in [6.45, 7) is 2.05. The molecule has 70 valence electrons. The highest BCUT2D eigenvalue weighted by Crippen LogP contribution is 2.02. The predicted octanol–water partition coefficient (Wildman–Crippen LogP) is 0.746. The minimum absolute atomic E-state index is 0.299. The zero-order valence-electron chi connectivity index (χ0n) is 7.60. The number of hydrogen-bond acceptors (Lipinski definition) is 3. The lowest BCUT2D eigenvalue weighted by Gasteiger charge is -2.02. The Morgan fingerprint density at radius 2 is 2.38 bits per heavy atom. The van der Waals surface area contributed by atoms with Crippen LogP contribution in [0.1, 0.15) is 18.2 Å². The van der Waals surface area contributed by atoms with E-state index in [1.54, 1.807) is 6.20 Å². The van der Waals surface area contributed by atoms with Crippen molar-refractivity contribution in [3.05, 3.63) is 29.6 Å². The first-order valence-electron chi connectivity index (χ1n) is 4.33. The van der Waals surface area contributed by atoms with E-state index in [2.05, 4.69) is 11.9 Å². The van der Waals surface area contributed by atoms with Gasteiger partial charge in [-0.2, -0.15) is 0 Å². The molecule has 1 N–H and O–H groups in total. The average Bonchev–Trinajstić information content (AvgIpc) is 2.19. The third kappa shape index (κ3) is 2.95. The quantitative estimate of drug-likeness (QED) is 0.694. The van der Waals surface area contributed by atoms with Crippen LogP contribution in [0, 0.1) is 0 Å². The van der Waals surface area contributed by atoms with E-state index in [4.69, 9.17) is 5.11 Å². The molecule has 0 bridgehead atoms. The minimum Gasteiger partial charge on any atom is -0.385 e. The second-order valence-corrected chi connectivity index (χ2v) is 2.92. The van der Waals surface area contributed by atoms with E-state index < -0.39 is 6.10 Å². The van der Waals surface area contributed by atoms with Gasteiger partial charge < -0.3 is 9.90 Å². The third-order valence-corrected chi connectivity index (χ3v) is 1.87. The minimum atomic E-state index is -0.931. The molecule has 1 aromatic heterocycles. The normalized spacial score (nSPS) is 12.5. The molecule has 1 heterocycles. The van der Waals surface area contributed by atoms with Crippen LogP contribution in [-0.4, -0.2) is 22.5 Å². The lowest BCUT2D eigenvalue weighted by Crippen LogP contribution is -2.12. The molecule has 1 atom stereocenters. The molecule has 3 heteroatoms. The van der Waals surface area contributed by atoms with E-state index in [9.17, 15) is 4.79 Å². The lowest BCUT2D eigenvalue weighted by atomic mass is 10.1. The SMILES string of the molecule is CCc1ccc(CC(O)C=O)nc1. The fourth-order valence-electron chi connectivity index (χ4n) is 1.05. The Hall–Kier alpha value is -1.22. The van der Waals surface area contributed by atoms with Gasteiger partial charge in [0.25, 0.3) is 0 Å². The summed E-state index contributed by atoms with van der Waals surface area (Å²) < 4.78 is 0. The van der Waals surface area contributed by atoms with Crippen molar-refractivity contribution in [2.24, 2.45) is 0 Å². The number of nitrogens with zero attached hydrogens (tertiary/aromatic N) is 1. The molecule has 0 spiro atoms. The molecule has 0 saturated carbocycles. The van der Waals surface area contributed by atoms with Gasteiger partial charge in [0.1, 0.15) is 12.4 Å². The summed E-state index contributed by atoms with van der Waals surface area (Å²) in [5.74, 6) is 0. The number of aliphatic hydroxyl groups excluding tert-OH is 1. The van der Waals surface area contributed by atoms with Crippen LogP contribution in [0.4, 0.5) is 0 Å². The summed E-state index contributed by atoms with van der Waals surface area (Å²) in [5.41, 5.74) is 1.90. The maximum absolute atomic E-state index is 10.2. The van der Waals surface area contributed by atoms with Crippen molar-refractivity contribution in [2.75, 3.05) is 0 Å². The van der Waals surface area contributed by atoms with Crippen molar-refractivity contribution in [3.63, 3.8) is 0 Å². The van der Waals surface area contributed by atoms with Crippen LogP contribution in [0.2, 0.25) is 0 Å². The number of aldehydes is 1. The van der Waals surface area contributed by atoms with Gasteiger partial charge in [0.15, 0.2) is 0 Å². The first kappa shape index (κ1) is 9.86. The summed E-state index contributed by atoms with van der Waals surface area (Å²) in [4.78, 5) is 14.3. The number of aryl methyl sites for hydroxylation is 1. The molecule has 0 fully saturated rings. The van der Waals surface area contributed by atoms with Crippen LogP contribution >= 0.6 is 0 Å². The molecular formula is C10H13NO2. The van der Waals surface area contributed by atoms with Gasteiger partial charge in [0.2, 0.25) is 0 Å². The number of pyridine rings is 1. The monoisotopic (exact) mass is 179 g/mol. The molecule has 0 aliphatic heterocycles. The molecule has 0 aromatic carbocycles. The Morgan fingerprint density at radius 1 is 1.62 bits per heavy atom. The summed E-state index contributed by atoms with van der Waals surface area (Å²) in [6.07, 6.45) is 2.61. The van der Waals surface area contributed by atoms with Crippen LogP contribution in [0.5, 0.6) is 0 Å². The van der Waals surface area contributed by atoms with E-state index in [0.717, 1.165) is 17.7 Å². The molecule has 1 aromatic rings. The largest absolute Gasteiger partial charge is 0.385 e. The van der Waals surface area contributed by atoms with Crippen LogP contribution in [0.15, 0.2) is 18.3 Å². The van der Waals surface area contributed by atoms with Crippen LogP contribution in [0.3, 0.4) is 0 Å². The fraction of sp³-hybridized carbons (Fsp3) is 0.400. The molecule has 0 aliphatic carbocycles. The Kier molecular flexibility index (Phi) is 3.58. The van der Waals surface area contributed by atoms with E-state index in [0.29, 0.717) is 12.7 Å². The number of carbonyl (C=O) groups excluding carboxylic acids is 1. The number of aliphatic hydroxyl groups is 1. The zero-order valence-corrected chi connectivity index (χ0v) is 7.60. The van der Waals surface area contributed by atoms with Gasteiger partial charge in [-0.15, -0.1) is 0 Å². The van der Waals surface area contributed by atoms with Crippen LogP contribution in [0.25, 0.3) is 0 Å². The van der Waals surface area contributed by atoms with Gasteiger partial charge in [-0.25, -0.2) is 0 Å². The Bertz CT molecular complexity index is 269. The molecule has 1 rings (SSSR count). The number of carbonyl (C=O) groups is 1. The molecule has 0 radical (unpaired) electrons. The molecule has 1 unspecified atom stereocenters. The lowest BCUT2D eigenvalue weighted by molar-refractivity contribution is -0.114. The van der Waals surface area contributed by atoms with Crippen molar-refractivity contribution >= 4 is 6.29 Å². The highest BCUT2D eigenvalue weighted by molar-refractivity contribution is 5.56. The molecule has 3 nitrogen and oxygen atoms in total. The van der Waals surface area contributed by atoms with Gasteiger partial charge in [-0.3, -0.25) is 4.98 Å². The third-order valence-electron chi connectivity index (χ3n) is 1.87. The van der Waals surface area contributed by atoms with Crippen LogP contribution in [-0.2, 0) is 17.6 Å². The molecule has 0 saturated heterocycles. The number of rotatable bonds is 4. The summed E-state index contributed by atoms with van der Waals surface area (Å²) in [5, 5.41) is 9.03. The van der Waals surface area contributed by atoms with Crippen molar-refractivity contribution in [3.8, 4) is 0 Å². The molecule has 0 amide bonds. The maximum atomic E-state index is 10.2. The standard InChI is InChI=1S/C10H13NO2/c1-2-8-3-4-9(11-6-8)5-10(13)7-12/h3-4,6-7,10,13H,2,5H2,1H3. The van der Waals surface area contributed by atoms with Gasteiger partial charge in [-0.05, 0) is 18.1 Å². The first-order chi connectivity index (χ1) is 6.26. The van der Waals surface area contributed by atoms with Gasteiger partial charge >= 0.3 is 0 Å². The van der Waals surface area contributed by atoms with Crippen molar-refractivity contribution in [1.29, 1.82) is 0 Å². The summed E-state index contributed by atoms with van der Waals surface area (Å²) >= 11 is 0. The van der Waals surface area contributed by atoms with E-state index in [1.165, 1.54) is 0 Å². The second kappa shape index (κ2) is 4.72.